The van der Waals surface area contributed by atoms with Gasteiger partial charge in [-0.05, 0) is 206 Å². The Morgan fingerprint density at radius 1 is 0.556 bits per heavy atom. The van der Waals surface area contributed by atoms with E-state index in [4.69, 9.17) is 94.1 Å². The maximum absolute atomic E-state index is 8.97. The largest absolute Gasteiger partial charge is 0.502 e. The fraction of sp³-hybridized carbons (Fsp3) is 0.375. The Kier molecular flexibility index (Phi) is 11.0. The zero-order valence-corrected chi connectivity index (χ0v) is 49.9. The van der Waals surface area contributed by atoms with Crippen molar-refractivity contribution >= 4 is 17.1 Å². The lowest BCUT2D eigenvalue weighted by molar-refractivity contribution is 0.244. The molecule has 0 aliphatic heterocycles. The lowest BCUT2D eigenvalue weighted by atomic mass is 10.0. The Balaban J connectivity index is 0.000000195. The van der Waals surface area contributed by atoms with E-state index in [-0.39, 0.29) is 92.6 Å². The van der Waals surface area contributed by atoms with Crippen LogP contribution in [0.15, 0.2) is 122 Å². The van der Waals surface area contributed by atoms with Crippen molar-refractivity contribution in [3.8, 4) is 85.8 Å². The van der Waals surface area contributed by atoms with Crippen LogP contribution in [0, 0.1) is 19.7 Å². The molecule has 0 saturated heterocycles. The van der Waals surface area contributed by atoms with E-state index in [0.29, 0.717) is 6.54 Å². The lowest BCUT2D eigenvalue weighted by Crippen LogP contribution is -2.19. The summed E-state index contributed by atoms with van der Waals surface area (Å²) in [5, 5.41) is 19.4. The zero-order chi connectivity index (χ0) is 93.4. The Hall–Kier alpha value is -9.51. The fourth-order valence-corrected chi connectivity index (χ4v) is 8.86. The molecule has 462 valence electrons. The van der Waals surface area contributed by atoms with E-state index in [1.807, 2.05) is 6.92 Å². The Morgan fingerprint density at radius 3 is 1.36 bits per heavy atom. The molecular formula is C72H78N12O6. The lowest BCUT2D eigenvalue weighted by Gasteiger charge is -2.13. The van der Waals surface area contributed by atoms with Gasteiger partial charge in [0.05, 0.1) is 64.0 Å². The van der Waals surface area contributed by atoms with Crippen LogP contribution in [0.25, 0.3) is 83.1 Å². The first-order chi connectivity index (χ1) is 56.9. The van der Waals surface area contributed by atoms with Crippen LogP contribution in [0.2, 0.25) is 0 Å². The van der Waals surface area contributed by atoms with Crippen molar-refractivity contribution in [1.29, 1.82) is 0 Å². The van der Waals surface area contributed by atoms with Gasteiger partial charge >= 0.3 is 0 Å². The molecule has 3 aromatic heterocycles. The maximum Gasteiger partial charge on any atom is 0.256 e. The second kappa shape index (κ2) is 29.7. The number of nitrogens with zero attached hydrogens (tertiary/aromatic N) is 9. The molecular weight excluding hydrogens is 1130 g/mol. The summed E-state index contributed by atoms with van der Waals surface area (Å²) in [6.45, 7) is 30.8. The molecule has 3 aliphatic rings. The molecule has 3 heterocycles. The topological polar surface area (TPSA) is 194 Å². The number of ether oxygens (including phenoxy) is 3. The molecule has 0 bridgehead atoms. The van der Waals surface area contributed by atoms with Gasteiger partial charge in [0.2, 0.25) is 34.5 Å². The van der Waals surface area contributed by atoms with Gasteiger partial charge in [0.25, 0.3) is 17.7 Å². The minimum absolute atomic E-state index is 0.000262. The van der Waals surface area contributed by atoms with E-state index in [2.05, 4.69) is 60.9 Å². The number of nitrogens with one attached hydrogen (secondary N) is 3. The predicted molar refractivity (Wildman–Crippen MR) is 350 cm³/mol. The van der Waals surface area contributed by atoms with E-state index < -0.39 is 253 Å². The summed E-state index contributed by atoms with van der Waals surface area (Å²) in [7, 11) is 0. The molecule has 6 aromatic carbocycles. The molecule has 18 heteroatoms. The van der Waals surface area contributed by atoms with Gasteiger partial charge in [-0.25, -0.2) is 14.5 Å². The molecule has 18 nitrogen and oxygen atoms in total. The SMILES string of the molecule is [2H]c1c([2H])c(-c2noc(-c3c([2H])c([2H])c(OC([2H])(C)C)c([N+]#[C-])c3[2H])n2)c2c(c1[2H])[C@@H](NC([2H])([2H])CC)CC2([2H])[2H].[2H]c1c([2H])c(-c2noc(-c3c([2H])c([2H])c(OC([2H])(C)C)c([N+]#[C-])c3[2H])n2)c2c(c1[2H])[C@@H](NCCC)CC2([2H])[2H].[2H]c1c([2H])c(-c2noc(-c3c([2H])c([2H])c(OC([2H])(C)C)c([N+]#[C-])c3[2H])n2)c2c(c1[2H])[C@@]([2H])(NC([2H])([2H])C([2H])([2H])C)C([2H])([2H])C2. The highest BCUT2D eigenvalue weighted by molar-refractivity contribution is 5.74. The second-order valence-electron chi connectivity index (χ2n) is 19.8. The van der Waals surface area contributed by atoms with Crippen LogP contribution in [0.5, 0.6) is 17.2 Å². The summed E-state index contributed by atoms with van der Waals surface area (Å²) in [6, 6.07) is -14.6. The minimum Gasteiger partial charge on any atom is -0.502 e. The second-order valence-corrected chi connectivity index (χ2v) is 19.8. The number of fused-ring (bicyclic) bond motifs is 3. The number of aromatic nitrogens is 6. The molecule has 0 spiro atoms. The maximum atomic E-state index is 8.97. The molecule has 3 N–H and O–H groups in total. The highest BCUT2D eigenvalue weighted by Gasteiger charge is 2.30. The molecule has 0 saturated carbocycles. The van der Waals surface area contributed by atoms with Crippen LogP contribution in [-0.4, -0.2) is 68.2 Å². The molecule has 9 aromatic rings. The summed E-state index contributed by atoms with van der Waals surface area (Å²) < 4.78 is 317. The fourth-order valence-electron chi connectivity index (χ4n) is 8.86. The first kappa shape index (κ1) is 33.4. The third kappa shape index (κ3) is 14.6. The van der Waals surface area contributed by atoms with Gasteiger partial charge in [-0.3, -0.25) is 0 Å². The van der Waals surface area contributed by atoms with E-state index in [1.54, 1.807) is 6.92 Å². The minimum atomic E-state index is -2.98. The van der Waals surface area contributed by atoms with Gasteiger partial charge in [0.15, 0.2) is 0 Å². The van der Waals surface area contributed by atoms with Crippen LogP contribution in [-0.2, 0) is 19.2 Å². The Morgan fingerprint density at radius 2 is 0.967 bits per heavy atom. The molecule has 0 amide bonds. The van der Waals surface area contributed by atoms with Gasteiger partial charge in [0, 0.05) is 72.0 Å². The normalized spacial score (nSPS) is 24.0. The van der Waals surface area contributed by atoms with Crippen LogP contribution in [0.4, 0.5) is 17.1 Å². The van der Waals surface area contributed by atoms with Crippen molar-refractivity contribution in [2.45, 2.75) is 156 Å². The number of benzene rings is 6. The van der Waals surface area contributed by atoms with E-state index in [0.717, 1.165) is 13.3 Å². The summed E-state index contributed by atoms with van der Waals surface area (Å²) >= 11 is 0. The van der Waals surface area contributed by atoms with Crippen LogP contribution in [0.3, 0.4) is 0 Å². The standard InChI is InChI=1S/3C24H26N4O2/c3*1-5-13-26-20-11-10-17-18(20)7-6-8-19(17)23-27-24(30-28-23)16-9-12-22(29-15(2)3)21(14-16)25-4/h3*6-9,12,14-15,20,26H,5,10-11,13H2,1-3H3/t3*20-/m000/s1/i5D2,6D,7D,8D,9D,11D2,12D,13D2,14D,15D,20D;6D,7D,8D,9D,10D2,12D,13D2,14D,15D;6D,7D,8D,9D,10D2,12D,14D,15D. The van der Waals surface area contributed by atoms with Crippen molar-refractivity contribution in [2.24, 2.45) is 0 Å². The average molecular weight is 1240 g/mol. The first-order valence-electron chi connectivity index (χ1n) is 44.7. The summed E-state index contributed by atoms with van der Waals surface area (Å²) in [5.74, 6) is -3.84. The van der Waals surface area contributed by atoms with Crippen LogP contribution in [0.1, 0.15) is 199 Å². The quantitative estimate of drug-likeness (QED) is 0.0575. The first-order valence-corrected chi connectivity index (χ1v) is 27.7. The Bertz CT molecular complexity index is 5950. The van der Waals surface area contributed by atoms with Crippen molar-refractivity contribution in [3.63, 3.8) is 0 Å². The molecule has 0 unspecified atom stereocenters. The van der Waals surface area contributed by atoms with E-state index >= 15 is 0 Å². The zero-order valence-electron chi connectivity index (χ0n) is 83.9. The molecule has 3 aliphatic carbocycles. The third-order valence-corrected chi connectivity index (χ3v) is 12.7. The van der Waals surface area contributed by atoms with Crippen molar-refractivity contribution < 1.29 is 74.4 Å². The van der Waals surface area contributed by atoms with E-state index in [9.17, 15) is 0 Å². The number of rotatable bonds is 21. The highest BCUT2D eigenvalue weighted by Crippen LogP contribution is 2.42. The van der Waals surface area contributed by atoms with Gasteiger partial charge in [-0.1, -0.05) is 90.6 Å². The van der Waals surface area contributed by atoms with Crippen molar-refractivity contribution in [2.75, 3.05) is 19.5 Å². The average Bonchev–Trinajstić information content (AvgIpc) is 1.54. The molecule has 12 rings (SSSR count). The summed E-state index contributed by atoms with van der Waals surface area (Å²) in [4.78, 5) is 22.3. The van der Waals surface area contributed by atoms with Crippen LogP contribution >= 0.6 is 0 Å². The monoisotopic (exact) mass is 1240 g/mol. The highest BCUT2D eigenvalue weighted by atomic mass is 16.5. The summed E-state index contributed by atoms with van der Waals surface area (Å²) in [5.41, 5.74) is -3.91. The van der Waals surface area contributed by atoms with Gasteiger partial charge in [-0.15, -0.1) is 0 Å². The molecule has 90 heavy (non-hydrogen) atoms. The Labute approximate surface area is 575 Å². The molecule has 3 atom stereocenters. The number of hydrogen-bond acceptors (Lipinski definition) is 15. The van der Waals surface area contributed by atoms with E-state index in [1.165, 1.54) is 41.5 Å². The third-order valence-electron chi connectivity index (χ3n) is 12.7. The predicted octanol–water partition coefficient (Wildman–Crippen LogP) is 17.2. The van der Waals surface area contributed by atoms with Gasteiger partial charge < -0.3 is 43.7 Å². The van der Waals surface area contributed by atoms with Crippen LogP contribution < -0.4 is 30.2 Å². The van der Waals surface area contributed by atoms with Crippen molar-refractivity contribution in [1.82, 2.24) is 46.4 Å². The van der Waals surface area contributed by atoms with Gasteiger partial charge in [0.1, 0.15) is 17.2 Å². The number of hydrogen-bond donors (Lipinski definition) is 3. The van der Waals surface area contributed by atoms with Crippen molar-refractivity contribution in [3.05, 3.63) is 176 Å². The molecule has 0 radical (unpaired) electrons. The van der Waals surface area contributed by atoms with Gasteiger partial charge in [-0.2, -0.15) is 15.0 Å². The smallest absolute Gasteiger partial charge is 0.256 e. The summed E-state index contributed by atoms with van der Waals surface area (Å²) in [6.07, 6.45) is -14.4. The molecule has 0 fully saturated rings.